The fraction of sp³-hybridized carbons (Fsp3) is 0.706. The minimum absolute atomic E-state index is 0.0900. The van der Waals surface area contributed by atoms with E-state index in [1.807, 2.05) is 11.0 Å². The molecule has 3 heterocycles. The van der Waals surface area contributed by atoms with Crippen molar-refractivity contribution in [2.45, 2.75) is 25.9 Å². The molecule has 128 valence electrons. The highest BCUT2D eigenvalue weighted by Gasteiger charge is 2.30. The van der Waals surface area contributed by atoms with Crippen LogP contribution in [0.4, 0.5) is 0 Å². The Morgan fingerprint density at radius 1 is 1.22 bits per heavy atom. The third-order valence-corrected chi connectivity index (χ3v) is 4.82. The van der Waals surface area contributed by atoms with E-state index in [1.54, 1.807) is 0 Å². The zero-order valence-corrected chi connectivity index (χ0v) is 14.3. The molecule has 2 saturated heterocycles. The summed E-state index contributed by atoms with van der Waals surface area (Å²) in [6.07, 6.45) is 0.923. The number of amides is 1. The van der Waals surface area contributed by atoms with Crippen molar-refractivity contribution >= 4 is 5.91 Å². The summed E-state index contributed by atoms with van der Waals surface area (Å²) in [4.78, 5) is 19.3. The molecule has 2 fully saturated rings. The fourth-order valence-electron chi connectivity index (χ4n) is 3.28. The van der Waals surface area contributed by atoms with Crippen LogP contribution in [0.5, 0.6) is 0 Å². The van der Waals surface area contributed by atoms with Gasteiger partial charge in [-0.2, -0.15) is 0 Å². The Bertz CT molecular complexity index is 522. The van der Waals surface area contributed by atoms with Crippen LogP contribution in [0.1, 0.15) is 18.4 Å². The fourth-order valence-corrected chi connectivity index (χ4v) is 3.28. The van der Waals surface area contributed by atoms with Crippen LogP contribution < -0.4 is 5.32 Å². The van der Waals surface area contributed by atoms with Crippen LogP contribution in [0.3, 0.4) is 0 Å². The van der Waals surface area contributed by atoms with Gasteiger partial charge in [-0.3, -0.25) is 9.69 Å². The first-order chi connectivity index (χ1) is 11.2. The van der Waals surface area contributed by atoms with Gasteiger partial charge in [0.1, 0.15) is 11.5 Å². The molecule has 0 unspecified atom stereocenters. The van der Waals surface area contributed by atoms with Gasteiger partial charge in [0.15, 0.2) is 0 Å². The molecule has 0 spiro atoms. The van der Waals surface area contributed by atoms with E-state index in [-0.39, 0.29) is 11.9 Å². The maximum atomic E-state index is 12.7. The van der Waals surface area contributed by atoms with Crippen LogP contribution in [-0.2, 0) is 17.8 Å². The number of likely N-dealkylation sites (N-methyl/N-ethyl adjacent to an activating group) is 1. The highest BCUT2D eigenvalue weighted by Crippen LogP contribution is 2.13. The zero-order chi connectivity index (χ0) is 16.2. The Morgan fingerprint density at radius 2 is 1.96 bits per heavy atom. The van der Waals surface area contributed by atoms with E-state index in [4.69, 9.17) is 4.42 Å². The molecule has 0 aromatic carbocycles. The van der Waals surface area contributed by atoms with Gasteiger partial charge in [-0.25, -0.2) is 0 Å². The number of aryl methyl sites for hydroxylation is 1. The van der Waals surface area contributed by atoms with Crippen molar-refractivity contribution in [1.82, 2.24) is 20.0 Å². The highest BCUT2D eigenvalue weighted by atomic mass is 16.3. The second-order valence-corrected chi connectivity index (χ2v) is 6.59. The number of piperazine rings is 2. The van der Waals surface area contributed by atoms with Gasteiger partial charge in [-0.1, -0.05) is 6.92 Å². The lowest BCUT2D eigenvalue weighted by Crippen LogP contribution is -2.59. The molecule has 0 radical (unpaired) electrons. The van der Waals surface area contributed by atoms with Crippen molar-refractivity contribution in [2.24, 2.45) is 0 Å². The Labute approximate surface area is 138 Å². The molecule has 6 heteroatoms. The van der Waals surface area contributed by atoms with E-state index in [2.05, 4.69) is 35.2 Å². The van der Waals surface area contributed by atoms with E-state index in [0.717, 1.165) is 70.3 Å². The maximum absolute atomic E-state index is 12.7. The Balaban J connectivity index is 1.54. The largest absolute Gasteiger partial charge is 0.465 e. The number of rotatable bonds is 4. The van der Waals surface area contributed by atoms with Gasteiger partial charge < -0.3 is 19.5 Å². The number of hydrogen-bond acceptors (Lipinski definition) is 5. The molecule has 1 amide bonds. The Hall–Kier alpha value is -1.37. The Kier molecular flexibility index (Phi) is 5.35. The normalized spacial score (nSPS) is 24.1. The van der Waals surface area contributed by atoms with Gasteiger partial charge in [0, 0.05) is 52.2 Å². The number of nitrogens with one attached hydrogen (secondary N) is 1. The highest BCUT2D eigenvalue weighted by molar-refractivity contribution is 5.82. The predicted octanol–water partition coefficient (Wildman–Crippen LogP) is 0.390. The smallest absolute Gasteiger partial charge is 0.241 e. The first kappa shape index (κ1) is 16.5. The summed E-state index contributed by atoms with van der Waals surface area (Å²) in [6, 6.07) is 4.01. The minimum Gasteiger partial charge on any atom is -0.465 e. The summed E-state index contributed by atoms with van der Waals surface area (Å²) >= 11 is 0. The minimum atomic E-state index is -0.0900. The van der Waals surface area contributed by atoms with E-state index < -0.39 is 0 Å². The number of hydrogen-bond donors (Lipinski definition) is 1. The predicted molar refractivity (Wildman–Crippen MR) is 89.2 cm³/mol. The van der Waals surface area contributed by atoms with Crippen LogP contribution in [0.2, 0.25) is 0 Å². The van der Waals surface area contributed by atoms with Gasteiger partial charge in [0.25, 0.3) is 0 Å². The second-order valence-electron chi connectivity index (χ2n) is 6.59. The van der Waals surface area contributed by atoms with Gasteiger partial charge >= 0.3 is 0 Å². The molecule has 1 atom stereocenters. The molecule has 0 saturated carbocycles. The van der Waals surface area contributed by atoms with Crippen molar-refractivity contribution in [3.8, 4) is 0 Å². The zero-order valence-electron chi connectivity index (χ0n) is 14.3. The lowest BCUT2D eigenvalue weighted by Gasteiger charge is -2.38. The van der Waals surface area contributed by atoms with Crippen molar-refractivity contribution < 1.29 is 9.21 Å². The van der Waals surface area contributed by atoms with Crippen molar-refractivity contribution in [3.05, 3.63) is 23.7 Å². The van der Waals surface area contributed by atoms with Crippen molar-refractivity contribution in [3.63, 3.8) is 0 Å². The lowest BCUT2D eigenvalue weighted by atomic mass is 10.1. The molecule has 0 bridgehead atoms. The monoisotopic (exact) mass is 320 g/mol. The van der Waals surface area contributed by atoms with Gasteiger partial charge in [-0.05, 0) is 19.2 Å². The standard InChI is InChI=1S/C17H28N4O2/c1-3-14-4-5-15(23-14)12-20-7-6-18-16(13-20)17(22)21-10-8-19(2)9-11-21/h4-5,16,18H,3,6-13H2,1-2H3/t16-/m1/s1. The molecule has 2 aliphatic heterocycles. The third kappa shape index (κ3) is 4.13. The summed E-state index contributed by atoms with van der Waals surface area (Å²) in [6.45, 7) is 9.06. The first-order valence-electron chi connectivity index (χ1n) is 8.66. The molecular weight excluding hydrogens is 292 g/mol. The van der Waals surface area contributed by atoms with E-state index in [0.29, 0.717) is 0 Å². The molecule has 1 aromatic rings. The molecule has 1 aromatic heterocycles. The molecule has 0 aliphatic carbocycles. The summed E-state index contributed by atoms with van der Waals surface area (Å²) in [5.41, 5.74) is 0. The average molecular weight is 320 g/mol. The van der Waals surface area contributed by atoms with Crippen LogP contribution >= 0.6 is 0 Å². The van der Waals surface area contributed by atoms with Crippen LogP contribution in [0.25, 0.3) is 0 Å². The average Bonchev–Trinajstić information content (AvgIpc) is 3.03. The van der Waals surface area contributed by atoms with E-state index in [9.17, 15) is 4.79 Å². The maximum Gasteiger partial charge on any atom is 0.241 e. The Morgan fingerprint density at radius 3 is 2.65 bits per heavy atom. The summed E-state index contributed by atoms with van der Waals surface area (Å²) in [7, 11) is 2.11. The number of carbonyl (C=O) groups excluding carboxylic acids is 1. The third-order valence-electron chi connectivity index (χ3n) is 4.82. The quantitative estimate of drug-likeness (QED) is 0.870. The first-order valence-corrected chi connectivity index (χ1v) is 8.66. The second kappa shape index (κ2) is 7.47. The summed E-state index contributed by atoms with van der Waals surface area (Å²) < 4.78 is 5.80. The molecule has 2 aliphatic rings. The van der Waals surface area contributed by atoms with E-state index in [1.165, 1.54) is 0 Å². The summed E-state index contributed by atoms with van der Waals surface area (Å²) in [5.74, 6) is 2.27. The number of carbonyl (C=O) groups is 1. The van der Waals surface area contributed by atoms with Crippen LogP contribution in [0, 0.1) is 0 Å². The number of furan rings is 1. The molecule has 23 heavy (non-hydrogen) atoms. The molecule has 1 N–H and O–H groups in total. The summed E-state index contributed by atoms with van der Waals surface area (Å²) in [5, 5.41) is 3.38. The van der Waals surface area contributed by atoms with Gasteiger partial charge in [0.05, 0.1) is 12.6 Å². The molecule has 3 rings (SSSR count). The van der Waals surface area contributed by atoms with Gasteiger partial charge in [-0.15, -0.1) is 0 Å². The van der Waals surface area contributed by atoms with Crippen LogP contribution in [-0.4, -0.2) is 79.5 Å². The van der Waals surface area contributed by atoms with E-state index >= 15 is 0 Å². The molecular formula is C17H28N4O2. The SMILES string of the molecule is CCc1ccc(CN2CCN[C@@H](C(=O)N3CCN(C)CC3)C2)o1. The number of nitrogens with zero attached hydrogens (tertiary/aromatic N) is 3. The van der Waals surface area contributed by atoms with Crippen molar-refractivity contribution in [2.75, 3.05) is 52.9 Å². The van der Waals surface area contributed by atoms with Gasteiger partial charge in [0.2, 0.25) is 5.91 Å². The van der Waals surface area contributed by atoms with Crippen molar-refractivity contribution in [1.29, 1.82) is 0 Å². The van der Waals surface area contributed by atoms with Crippen LogP contribution in [0.15, 0.2) is 16.5 Å². The molecule has 6 nitrogen and oxygen atoms in total. The lowest BCUT2D eigenvalue weighted by molar-refractivity contribution is -0.136. The topological polar surface area (TPSA) is 52.0 Å².